The third-order valence-corrected chi connectivity index (χ3v) is 5.94. The van der Waals surface area contributed by atoms with E-state index in [-0.39, 0.29) is 17.2 Å². The number of nitrogens with zero attached hydrogens (tertiary/aromatic N) is 3. The average Bonchev–Trinajstić information content (AvgIpc) is 3.17. The van der Waals surface area contributed by atoms with Crippen LogP contribution in [0.4, 0.5) is 28.0 Å². The Morgan fingerprint density at radius 3 is 2.71 bits per heavy atom. The van der Waals surface area contributed by atoms with E-state index in [0.717, 1.165) is 31.3 Å². The summed E-state index contributed by atoms with van der Waals surface area (Å²) in [6.45, 7) is 3.97. The van der Waals surface area contributed by atoms with Crippen LogP contribution in [0, 0.1) is 11.7 Å². The largest absolute Gasteiger partial charge is 0.419 e. The third-order valence-electron chi connectivity index (χ3n) is 5.94. The number of imide groups is 1. The summed E-state index contributed by atoms with van der Waals surface area (Å²) in [6, 6.07) is 2.51. The molecule has 8 nitrogen and oxygen atoms in total. The van der Waals surface area contributed by atoms with E-state index in [0.29, 0.717) is 29.1 Å². The molecule has 2 aromatic heterocycles. The molecule has 0 saturated carbocycles. The predicted molar refractivity (Wildman–Crippen MR) is 116 cm³/mol. The standard InChI is InChI=1S/C22H22F4N6O2/c1-11-10-32(2)6-5-14(11)18-15-7-12(9-27-19(15)31-30-18)20(33)29-21(34)28-13-3-4-17(23)16(8-13)22(24,25)26/h3-4,7-9,11,14H,5-6,10H2,1-2H3,(H,27,30,31)(H2,28,29,33,34). The first kappa shape index (κ1) is 23.6. The minimum absolute atomic E-state index is 0.0842. The van der Waals surface area contributed by atoms with Crippen LogP contribution in [-0.2, 0) is 6.18 Å². The van der Waals surface area contributed by atoms with Crippen LogP contribution in [0.15, 0.2) is 30.5 Å². The monoisotopic (exact) mass is 478 g/mol. The van der Waals surface area contributed by atoms with Gasteiger partial charge in [-0.05, 0) is 50.2 Å². The number of urea groups is 1. The summed E-state index contributed by atoms with van der Waals surface area (Å²) in [5, 5.41) is 12.1. The molecule has 1 aliphatic rings. The van der Waals surface area contributed by atoms with Crippen molar-refractivity contribution in [2.24, 2.45) is 5.92 Å². The number of piperidine rings is 1. The Morgan fingerprint density at radius 2 is 2.00 bits per heavy atom. The first-order valence-electron chi connectivity index (χ1n) is 10.5. The van der Waals surface area contributed by atoms with Gasteiger partial charge in [0, 0.05) is 35.4 Å². The molecule has 1 saturated heterocycles. The molecule has 1 aromatic carbocycles. The molecule has 0 spiro atoms. The Bertz CT molecular complexity index is 1240. The number of hydrogen-bond donors (Lipinski definition) is 3. The molecule has 1 fully saturated rings. The van der Waals surface area contributed by atoms with E-state index < -0.39 is 29.5 Å². The molecule has 2 atom stereocenters. The van der Waals surface area contributed by atoms with Gasteiger partial charge in [0.05, 0.1) is 11.1 Å². The number of aromatic amines is 1. The maximum absolute atomic E-state index is 13.4. The molecule has 2 unspecified atom stereocenters. The lowest BCUT2D eigenvalue weighted by Crippen LogP contribution is -2.35. The molecule has 3 aromatic rings. The van der Waals surface area contributed by atoms with Gasteiger partial charge in [0.2, 0.25) is 0 Å². The van der Waals surface area contributed by atoms with Crippen molar-refractivity contribution in [3.8, 4) is 0 Å². The number of nitrogens with one attached hydrogen (secondary N) is 3. The Hall–Kier alpha value is -3.54. The normalized spacial score (nSPS) is 19.2. The van der Waals surface area contributed by atoms with E-state index in [1.54, 1.807) is 6.07 Å². The number of aromatic nitrogens is 3. The van der Waals surface area contributed by atoms with Crippen molar-refractivity contribution in [2.75, 3.05) is 25.5 Å². The van der Waals surface area contributed by atoms with Gasteiger partial charge in [-0.2, -0.15) is 18.3 Å². The van der Waals surface area contributed by atoms with Gasteiger partial charge < -0.3 is 10.2 Å². The van der Waals surface area contributed by atoms with Gasteiger partial charge in [0.25, 0.3) is 5.91 Å². The summed E-state index contributed by atoms with van der Waals surface area (Å²) in [5.41, 5.74) is -0.454. The SMILES string of the molecule is CC1CN(C)CCC1c1[nH]nc2ncc(C(=O)NC(=O)Nc3ccc(F)c(C(F)(F)F)c3)cc12. The molecule has 4 rings (SSSR count). The number of halogens is 4. The zero-order valence-electron chi connectivity index (χ0n) is 18.3. The van der Waals surface area contributed by atoms with Crippen molar-refractivity contribution in [3.63, 3.8) is 0 Å². The molecule has 0 radical (unpaired) electrons. The highest BCUT2D eigenvalue weighted by atomic mass is 19.4. The van der Waals surface area contributed by atoms with Gasteiger partial charge in [-0.25, -0.2) is 14.2 Å². The third kappa shape index (κ3) is 4.86. The van der Waals surface area contributed by atoms with Gasteiger partial charge in [-0.1, -0.05) is 6.92 Å². The van der Waals surface area contributed by atoms with E-state index in [1.165, 1.54) is 6.20 Å². The number of amides is 3. The molecule has 180 valence electrons. The molecule has 1 aliphatic heterocycles. The van der Waals surface area contributed by atoms with Crippen LogP contribution in [0.3, 0.4) is 0 Å². The molecule has 3 heterocycles. The summed E-state index contributed by atoms with van der Waals surface area (Å²) >= 11 is 0. The number of carbonyl (C=O) groups is 2. The van der Waals surface area contributed by atoms with E-state index >= 15 is 0 Å². The van der Waals surface area contributed by atoms with Crippen molar-refractivity contribution in [1.29, 1.82) is 0 Å². The smallest absolute Gasteiger partial charge is 0.308 e. The maximum Gasteiger partial charge on any atom is 0.419 e. The second kappa shape index (κ2) is 9.01. The summed E-state index contributed by atoms with van der Waals surface area (Å²) in [5.74, 6) is -1.72. The number of fused-ring (bicyclic) bond motifs is 1. The number of benzene rings is 1. The molecular weight excluding hydrogens is 456 g/mol. The summed E-state index contributed by atoms with van der Waals surface area (Å²) in [7, 11) is 2.06. The lowest BCUT2D eigenvalue weighted by atomic mass is 9.83. The van der Waals surface area contributed by atoms with Crippen molar-refractivity contribution in [3.05, 3.63) is 53.1 Å². The van der Waals surface area contributed by atoms with E-state index in [1.807, 2.05) is 5.32 Å². The zero-order valence-corrected chi connectivity index (χ0v) is 18.3. The number of anilines is 1. The van der Waals surface area contributed by atoms with Crippen molar-refractivity contribution >= 4 is 28.7 Å². The maximum atomic E-state index is 13.4. The Labute approximate surface area is 191 Å². The zero-order chi connectivity index (χ0) is 24.6. The highest BCUT2D eigenvalue weighted by molar-refractivity contribution is 6.08. The first-order valence-corrected chi connectivity index (χ1v) is 10.5. The fourth-order valence-corrected chi connectivity index (χ4v) is 4.27. The number of likely N-dealkylation sites (tertiary alicyclic amines) is 1. The minimum atomic E-state index is -4.93. The molecule has 3 N–H and O–H groups in total. The van der Waals surface area contributed by atoms with Crippen LogP contribution in [0.2, 0.25) is 0 Å². The number of alkyl halides is 3. The Kier molecular flexibility index (Phi) is 6.26. The van der Waals surface area contributed by atoms with E-state index in [2.05, 4.69) is 39.4 Å². The fraction of sp³-hybridized carbons (Fsp3) is 0.364. The van der Waals surface area contributed by atoms with Gasteiger partial charge in [0.15, 0.2) is 5.65 Å². The molecule has 0 bridgehead atoms. The number of pyridine rings is 1. The topological polar surface area (TPSA) is 103 Å². The first-order chi connectivity index (χ1) is 16.0. The summed E-state index contributed by atoms with van der Waals surface area (Å²) in [4.78, 5) is 31.2. The lowest BCUT2D eigenvalue weighted by Gasteiger charge is -2.34. The van der Waals surface area contributed by atoms with Crippen molar-refractivity contribution in [2.45, 2.75) is 25.4 Å². The average molecular weight is 478 g/mol. The number of hydrogen-bond acceptors (Lipinski definition) is 5. The second-order valence-corrected chi connectivity index (χ2v) is 8.47. The van der Waals surface area contributed by atoms with E-state index in [9.17, 15) is 27.2 Å². The van der Waals surface area contributed by atoms with Crippen LogP contribution >= 0.6 is 0 Å². The van der Waals surface area contributed by atoms with Gasteiger partial charge in [-0.15, -0.1) is 0 Å². The summed E-state index contributed by atoms with van der Waals surface area (Å²) in [6.07, 6.45) is -2.76. The van der Waals surface area contributed by atoms with Crippen LogP contribution in [0.5, 0.6) is 0 Å². The molecular formula is C22H22F4N6O2. The van der Waals surface area contributed by atoms with Crippen LogP contribution in [0.1, 0.15) is 40.9 Å². The summed E-state index contributed by atoms with van der Waals surface area (Å²) < 4.78 is 52.0. The van der Waals surface area contributed by atoms with Crippen LogP contribution in [-0.4, -0.2) is 52.2 Å². The van der Waals surface area contributed by atoms with Gasteiger partial charge in [0.1, 0.15) is 5.82 Å². The van der Waals surface area contributed by atoms with Crippen molar-refractivity contribution < 1.29 is 27.2 Å². The fourth-order valence-electron chi connectivity index (χ4n) is 4.27. The van der Waals surface area contributed by atoms with Crippen LogP contribution in [0.25, 0.3) is 11.0 Å². The second-order valence-electron chi connectivity index (χ2n) is 8.47. The van der Waals surface area contributed by atoms with Gasteiger partial charge in [-0.3, -0.25) is 15.2 Å². The van der Waals surface area contributed by atoms with Crippen molar-refractivity contribution in [1.82, 2.24) is 25.4 Å². The number of H-pyrrole nitrogens is 1. The number of rotatable bonds is 3. The quantitative estimate of drug-likeness (QED) is 0.491. The van der Waals surface area contributed by atoms with E-state index in [4.69, 9.17) is 0 Å². The molecule has 12 heteroatoms. The predicted octanol–water partition coefficient (Wildman–Crippen LogP) is 4.13. The van der Waals surface area contributed by atoms with Crippen LogP contribution < -0.4 is 10.6 Å². The minimum Gasteiger partial charge on any atom is -0.308 e. The Morgan fingerprint density at radius 1 is 1.24 bits per heavy atom. The molecule has 0 aliphatic carbocycles. The lowest BCUT2D eigenvalue weighted by molar-refractivity contribution is -0.139. The Balaban J connectivity index is 1.49. The van der Waals surface area contributed by atoms with Gasteiger partial charge >= 0.3 is 12.2 Å². The molecule has 34 heavy (non-hydrogen) atoms. The highest BCUT2D eigenvalue weighted by Gasteiger charge is 2.34. The molecule has 3 amide bonds. The highest BCUT2D eigenvalue weighted by Crippen LogP contribution is 2.35. The number of carbonyl (C=O) groups excluding carboxylic acids is 2.